The van der Waals surface area contributed by atoms with E-state index in [1.165, 1.54) is 5.56 Å². The zero-order valence-corrected chi connectivity index (χ0v) is 9.06. The Hall–Kier alpha value is -1.38. The Morgan fingerprint density at radius 3 is 2.93 bits per heavy atom. The molecule has 0 saturated carbocycles. The lowest BCUT2D eigenvalue weighted by Crippen LogP contribution is -2.03. The summed E-state index contributed by atoms with van der Waals surface area (Å²) in [5, 5.41) is 3.25. The first-order valence-corrected chi connectivity index (χ1v) is 5.29. The molecule has 1 aromatic rings. The zero-order valence-electron chi connectivity index (χ0n) is 9.06. The van der Waals surface area contributed by atoms with Gasteiger partial charge in [0.25, 0.3) is 0 Å². The molecule has 2 rings (SSSR count). The van der Waals surface area contributed by atoms with Gasteiger partial charge in [-0.2, -0.15) is 4.91 Å². The summed E-state index contributed by atoms with van der Waals surface area (Å²) in [5.74, 6) is 1.17. The maximum atomic E-state index is 10.8. The highest BCUT2D eigenvalue weighted by Gasteiger charge is 2.32. The van der Waals surface area contributed by atoms with Crippen molar-refractivity contribution in [1.29, 1.82) is 0 Å². The average Bonchev–Trinajstić information content (AvgIpc) is 2.65. The second-order valence-electron chi connectivity index (χ2n) is 3.99. The van der Waals surface area contributed by atoms with Crippen LogP contribution < -0.4 is 4.74 Å². The van der Waals surface area contributed by atoms with E-state index in [0.29, 0.717) is 5.92 Å². The highest BCUT2D eigenvalue weighted by molar-refractivity contribution is 5.41. The quantitative estimate of drug-likeness (QED) is 0.711. The standard InChI is InChI=1S/C12H15NO2/c1-3-8-6-9-4-5-10(15-2)7-11(9)12(8)13-14/h4-5,7-8,12H,3,6H2,1-2H3. The van der Waals surface area contributed by atoms with Crippen molar-refractivity contribution < 1.29 is 4.74 Å². The molecular formula is C12H15NO2. The summed E-state index contributed by atoms with van der Waals surface area (Å²) in [6.07, 6.45) is 1.96. The first kappa shape index (κ1) is 10.1. The van der Waals surface area contributed by atoms with E-state index in [2.05, 4.69) is 12.1 Å². The lowest BCUT2D eigenvalue weighted by molar-refractivity contribution is 0.412. The molecule has 80 valence electrons. The average molecular weight is 205 g/mol. The van der Waals surface area contributed by atoms with Crippen LogP contribution in [-0.4, -0.2) is 7.11 Å². The van der Waals surface area contributed by atoms with Crippen LogP contribution in [0, 0.1) is 10.8 Å². The predicted molar refractivity (Wildman–Crippen MR) is 59.0 cm³/mol. The molecule has 0 amide bonds. The van der Waals surface area contributed by atoms with Crippen LogP contribution >= 0.6 is 0 Å². The molecule has 0 saturated heterocycles. The van der Waals surface area contributed by atoms with Gasteiger partial charge < -0.3 is 4.74 Å². The van der Waals surface area contributed by atoms with Crippen LogP contribution in [0.4, 0.5) is 0 Å². The number of fused-ring (bicyclic) bond motifs is 1. The Morgan fingerprint density at radius 2 is 2.33 bits per heavy atom. The molecule has 2 unspecified atom stereocenters. The van der Waals surface area contributed by atoms with E-state index in [1.54, 1.807) is 7.11 Å². The van der Waals surface area contributed by atoms with Crippen molar-refractivity contribution in [2.45, 2.75) is 25.8 Å². The minimum atomic E-state index is -0.180. The number of rotatable bonds is 3. The number of nitroso groups, excluding NO2 is 1. The zero-order chi connectivity index (χ0) is 10.8. The topological polar surface area (TPSA) is 38.7 Å². The molecule has 3 heteroatoms. The molecule has 1 aromatic carbocycles. The van der Waals surface area contributed by atoms with Crippen molar-refractivity contribution in [3.05, 3.63) is 34.2 Å². The van der Waals surface area contributed by atoms with Crippen molar-refractivity contribution in [3.8, 4) is 5.75 Å². The summed E-state index contributed by atoms with van der Waals surface area (Å²) in [6.45, 7) is 2.10. The smallest absolute Gasteiger partial charge is 0.120 e. The van der Waals surface area contributed by atoms with Crippen LogP contribution in [0.25, 0.3) is 0 Å². The van der Waals surface area contributed by atoms with Gasteiger partial charge in [0.2, 0.25) is 0 Å². The highest BCUT2D eigenvalue weighted by atomic mass is 16.5. The molecule has 0 heterocycles. The number of nitrogens with zero attached hydrogens (tertiary/aromatic N) is 1. The summed E-state index contributed by atoms with van der Waals surface area (Å²) in [6, 6.07) is 5.75. The normalized spacial score (nSPS) is 23.6. The van der Waals surface area contributed by atoms with Gasteiger partial charge in [-0.05, 0) is 35.6 Å². The molecule has 0 spiro atoms. The summed E-state index contributed by atoms with van der Waals surface area (Å²) < 4.78 is 5.16. The minimum Gasteiger partial charge on any atom is -0.497 e. The Balaban J connectivity index is 2.40. The van der Waals surface area contributed by atoms with Crippen molar-refractivity contribution >= 4 is 0 Å². The third kappa shape index (κ3) is 1.62. The van der Waals surface area contributed by atoms with Crippen LogP contribution in [0.5, 0.6) is 5.75 Å². The van der Waals surface area contributed by atoms with Gasteiger partial charge in [-0.1, -0.05) is 24.6 Å². The monoisotopic (exact) mass is 205 g/mol. The fourth-order valence-corrected chi connectivity index (χ4v) is 2.32. The third-order valence-electron chi connectivity index (χ3n) is 3.24. The second-order valence-corrected chi connectivity index (χ2v) is 3.99. The fourth-order valence-electron chi connectivity index (χ4n) is 2.32. The van der Waals surface area contributed by atoms with Crippen LogP contribution in [0.2, 0.25) is 0 Å². The van der Waals surface area contributed by atoms with Crippen molar-refractivity contribution in [3.63, 3.8) is 0 Å². The maximum Gasteiger partial charge on any atom is 0.120 e. The SMILES string of the molecule is CCC1Cc2ccc(OC)cc2C1N=O. The molecule has 15 heavy (non-hydrogen) atoms. The van der Waals surface area contributed by atoms with Crippen LogP contribution in [0.1, 0.15) is 30.5 Å². The Morgan fingerprint density at radius 1 is 1.53 bits per heavy atom. The fraction of sp³-hybridized carbons (Fsp3) is 0.500. The molecule has 1 aliphatic rings. The third-order valence-corrected chi connectivity index (χ3v) is 3.24. The first-order valence-electron chi connectivity index (χ1n) is 5.29. The number of hydrogen-bond acceptors (Lipinski definition) is 3. The molecule has 0 radical (unpaired) electrons. The van der Waals surface area contributed by atoms with E-state index in [9.17, 15) is 4.91 Å². The first-order chi connectivity index (χ1) is 7.30. The van der Waals surface area contributed by atoms with Gasteiger partial charge in [0.1, 0.15) is 11.8 Å². The number of benzene rings is 1. The summed E-state index contributed by atoms with van der Waals surface area (Å²) >= 11 is 0. The summed E-state index contributed by atoms with van der Waals surface area (Å²) in [4.78, 5) is 10.8. The van der Waals surface area contributed by atoms with Crippen molar-refractivity contribution in [2.75, 3.05) is 7.11 Å². The van der Waals surface area contributed by atoms with E-state index < -0.39 is 0 Å². The van der Waals surface area contributed by atoms with Crippen LogP contribution in [-0.2, 0) is 6.42 Å². The van der Waals surface area contributed by atoms with E-state index in [0.717, 1.165) is 24.2 Å². The van der Waals surface area contributed by atoms with Gasteiger partial charge >= 0.3 is 0 Å². The summed E-state index contributed by atoms with van der Waals surface area (Å²) in [7, 11) is 1.64. The van der Waals surface area contributed by atoms with E-state index in [-0.39, 0.29) is 6.04 Å². The molecule has 0 N–H and O–H groups in total. The molecule has 0 bridgehead atoms. The molecule has 0 aromatic heterocycles. The number of hydrogen-bond donors (Lipinski definition) is 0. The van der Waals surface area contributed by atoms with E-state index in [4.69, 9.17) is 4.74 Å². The van der Waals surface area contributed by atoms with E-state index >= 15 is 0 Å². The lowest BCUT2D eigenvalue weighted by Gasteiger charge is -2.10. The molecule has 0 fully saturated rings. The van der Waals surface area contributed by atoms with Crippen molar-refractivity contribution in [1.82, 2.24) is 0 Å². The Labute approximate surface area is 89.4 Å². The van der Waals surface area contributed by atoms with Crippen LogP contribution in [0.3, 0.4) is 0 Å². The molecular weight excluding hydrogens is 190 g/mol. The number of ether oxygens (including phenoxy) is 1. The molecule has 1 aliphatic carbocycles. The second kappa shape index (κ2) is 4.01. The predicted octanol–water partition coefficient (Wildman–Crippen LogP) is 3.09. The molecule has 0 aliphatic heterocycles. The van der Waals surface area contributed by atoms with Gasteiger partial charge in [-0.3, -0.25) is 0 Å². The largest absolute Gasteiger partial charge is 0.497 e. The van der Waals surface area contributed by atoms with Gasteiger partial charge in [0.05, 0.1) is 7.11 Å². The Bertz CT molecular complexity index is 376. The van der Waals surface area contributed by atoms with Gasteiger partial charge in [-0.15, -0.1) is 0 Å². The maximum absolute atomic E-state index is 10.8. The van der Waals surface area contributed by atoms with Crippen molar-refractivity contribution in [2.24, 2.45) is 11.1 Å². The molecule has 3 nitrogen and oxygen atoms in total. The highest BCUT2D eigenvalue weighted by Crippen LogP contribution is 2.41. The van der Waals surface area contributed by atoms with E-state index in [1.807, 2.05) is 18.2 Å². The van der Waals surface area contributed by atoms with Gasteiger partial charge in [0.15, 0.2) is 0 Å². The minimum absolute atomic E-state index is 0.180. The van der Waals surface area contributed by atoms with Crippen LogP contribution in [0.15, 0.2) is 23.4 Å². The molecule has 2 atom stereocenters. The lowest BCUT2D eigenvalue weighted by atomic mass is 9.99. The Kier molecular flexibility index (Phi) is 2.71. The van der Waals surface area contributed by atoms with Gasteiger partial charge in [0, 0.05) is 0 Å². The number of methoxy groups -OCH3 is 1. The van der Waals surface area contributed by atoms with Gasteiger partial charge in [-0.25, -0.2) is 0 Å². The summed E-state index contributed by atoms with van der Waals surface area (Å²) in [5.41, 5.74) is 2.29.